The molecular formula is C13H14N8S2. The Morgan fingerprint density at radius 3 is 1.87 bits per heavy atom. The molecule has 0 radical (unpaired) electrons. The number of nitrogens with zero attached hydrogens (tertiary/aromatic N) is 6. The van der Waals surface area contributed by atoms with Crippen LogP contribution >= 0.6 is 23.5 Å². The van der Waals surface area contributed by atoms with E-state index in [0.717, 1.165) is 29.1 Å². The molecule has 3 aromatic rings. The minimum absolute atomic E-state index is 0.615. The van der Waals surface area contributed by atoms with Crippen molar-refractivity contribution < 1.29 is 0 Å². The number of nitrogen functional groups attached to an aromatic ring is 2. The number of rotatable bonds is 0. The van der Waals surface area contributed by atoms with Crippen molar-refractivity contribution in [1.82, 2.24) is 29.7 Å². The highest BCUT2D eigenvalue weighted by Crippen LogP contribution is 2.28. The second kappa shape index (κ2) is 5.78. The maximum absolute atomic E-state index is 6.14. The van der Waals surface area contributed by atoms with Gasteiger partial charge in [0.05, 0.1) is 0 Å². The van der Waals surface area contributed by atoms with Crippen LogP contribution in [0, 0.1) is 0 Å². The normalized spacial score (nSPS) is 14.4. The summed E-state index contributed by atoms with van der Waals surface area (Å²) in [5, 5.41) is 18.2. The van der Waals surface area contributed by atoms with Gasteiger partial charge in [-0.05, 0) is 12.5 Å². The molecule has 4 rings (SSSR count). The standard InChI is InChI=1S/C13H14N8S2/c14-20-10-8-3-1-4-9(7-8)11-17-19-13(21(11)15)23-6-2-5-22-12(20)18-16-10/h1,3-4,7H,2,5-6,14-15H2. The summed E-state index contributed by atoms with van der Waals surface area (Å²) in [5.74, 6) is 15.3. The first-order valence-electron chi connectivity index (χ1n) is 7.01. The Kier molecular flexibility index (Phi) is 3.62. The highest BCUT2D eigenvalue weighted by Gasteiger charge is 2.17. The fourth-order valence-corrected chi connectivity index (χ4v) is 4.10. The average molecular weight is 346 g/mol. The molecule has 1 aliphatic heterocycles. The SMILES string of the molecule is Nn1c2nnc1-c1cccc(c1)-c1nnc(n1N)SCCCS2. The number of nitrogens with two attached hydrogens (primary N) is 2. The van der Waals surface area contributed by atoms with Crippen molar-refractivity contribution in [2.75, 3.05) is 23.2 Å². The molecule has 1 aromatic carbocycles. The van der Waals surface area contributed by atoms with Crippen molar-refractivity contribution in [3.05, 3.63) is 24.3 Å². The van der Waals surface area contributed by atoms with Crippen LogP contribution in [0.3, 0.4) is 0 Å². The molecule has 3 heterocycles. The lowest BCUT2D eigenvalue weighted by molar-refractivity contribution is 0.844. The number of aromatic nitrogens is 6. The molecule has 1 aliphatic rings. The smallest absolute Gasteiger partial charge is 0.210 e. The van der Waals surface area contributed by atoms with E-state index in [9.17, 15) is 0 Å². The van der Waals surface area contributed by atoms with Crippen LogP contribution in [0.1, 0.15) is 6.42 Å². The molecule has 0 fully saturated rings. The highest BCUT2D eigenvalue weighted by molar-refractivity contribution is 8.00. The molecule has 8 nitrogen and oxygen atoms in total. The zero-order chi connectivity index (χ0) is 15.8. The van der Waals surface area contributed by atoms with E-state index in [1.165, 1.54) is 9.35 Å². The summed E-state index contributed by atoms with van der Waals surface area (Å²) in [6, 6.07) is 7.73. The van der Waals surface area contributed by atoms with Crippen molar-refractivity contribution in [3.63, 3.8) is 0 Å². The van der Waals surface area contributed by atoms with Gasteiger partial charge in [-0.25, -0.2) is 9.35 Å². The van der Waals surface area contributed by atoms with E-state index in [1.54, 1.807) is 23.5 Å². The Labute approximate surface area is 140 Å². The number of benzene rings is 1. The fourth-order valence-electron chi connectivity index (χ4n) is 2.33. The Hall–Kier alpha value is -2.20. The van der Waals surface area contributed by atoms with E-state index in [2.05, 4.69) is 20.4 Å². The van der Waals surface area contributed by atoms with Gasteiger partial charge in [0.15, 0.2) is 11.6 Å². The first-order valence-corrected chi connectivity index (χ1v) is 8.98. The number of thioether (sulfide) groups is 2. The molecule has 6 bridgehead atoms. The van der Waals surface area contributed by atoms with Gasteiger partial charge in [-0.2, -0.15) is 0 Å². The molecule has 0 spiro atoms. The van der Waals surface area contributed by atoms with Gasteiger partial charge in [-0.15, -0.1) is 20.4 Å². The van der Waals surface area contributed by atoms with Crippen molar-refractivity contribution >= 4 is 23.5 Å². The molecule has 4 N–H and O–H groups in total. The first-order chi connectivity index (χ1) is 11.2. The van der Waals surface area contributed by atoms with Crippen LogP contribution in [0.15, 0.2) is 34.6 Å². The molecule has 0 amide bonds. The van der Waals surface area contributed by atoms with Crippen molar-refractivity contribution in [1.29, 1.82) is 0 Å². The Balaban J connectivity index is 1.87. The summed E-state index contributed by atoms with van der Waals surface area (Å²) >= 11 is 3.19. The van der Waals surface area contributed by atoms with Gasteiger partial charge in [0, 0.05) is 22.6 Å². The lowest BCUT2D eigenvalue weighted by atomic mass is 10.1. The van der Waals surface area contributed by atoms with Gasteiger partial charge < -0.3 is 11.7 Å². The molecule has 0 saturated carbocycles. The molecule has 118 valence electrons. The largest absolute Gasteiger partial charge is 0.335 e. The maximum atomic E-state index is 6.14. The van der Waals surface area contributed by atoms with Crippen molar-refractivity contribution in [2.24, 2.45) is 0 Å². The zero-order valence-electron chi connectivity index (χ0n) is 12.1. The van der Waals surface area contributed by atoms with E-state index in [1.807, 2.05) is 24.3 Å². The maximum Gasteiger partial charge on any atom is 0.210 e. The fraction of sp³-hybridized carbons (Fsp3) is 0.231. The topological polar surface area (TPSA) is 113 Å². The third-order valence-corrected chi connectivity index (χ3v) is 5.52. The molecule has 0 saturated heterocycles. The van der Waals surface area contributed by atoms with Crippen LogP contribution in [-0.4, -0.2) is 41.3 Å². The number of hydrogen-bond donors (Lipinski definition) is 2. The molecule has 0 unspecified atom stereocenters. The van der Waals surface area contributed by atoms with Crippen LogP contribution in [0.5, 0.6) is 0 Å². The summed E-state index contributed by atoms with van der Waals surface area (Å²) in [6.07, 6.45) is 0.977. The molecule has 0 aliphatic carbocycles. The monoisotopic (exact) mass is 346 g/mol. The zero-order valence-corrected chi connectivity index (χ0v) is 13.7. The summed E-state index contributed by atoms with van der Waals surface area (Å²) in [6.45, 7) is 0. The average Bonchev–Trinajstić information content (AvgIpc) is 3.10. The van der Waals surface area contributed by atoms with E-state index < -0.39 is 0 Å². The lowest BCUT2D eigenvalue weighted by Crippen LogP contribution is -2.13. The predicted octanol–water partition coefficient (Wildman–Crippen LogP) is 1.22. The molecular weight excluding hydrogens is 332 g/mol. The predicted molar refractivity (Wildman–Crippen MR) is 90.8 cm³/mol. The van der Waals surface area contributed by atoms with Crippen molar-refractivity contribution in [3.8, 4) is 22.8 Å². The van der Waals surface area contributed by atoms with Crippen LogP contribution < -0.4 is 11.7 Å². The third kappa shape index (κ3) is 2.53. The van der Waals surface area contributed by atoms with Gasteiger partial charge in [0.25, 0.3) is 0 Å². The lowest BCUT2D eigenvalue weighted by Gasteiger charge is -2.08. The van der Waals surface area contributed by atoms with Gasteiger partial charge in [-0.3, -0.25) is 0 Å². The van der Waals surface area contributed by atoms with Gasteiger partial charge in [0.2, 0.25) is 10.3 Å². The van der Waals surface area contributed by atoms with E-state index in [0.29, 0.717) is 22.0 Å². The Morgan fingerprint density at radius 2 is 1.35 bits per heavy atom. The minimum atomic E-state index is 0.615. The highest BCUT2D eigenvalue weighted by atomic mass is 32.2. The molecule has 23 heavy (non-hydrogen) atoms. The Bertz CT molecular complexity index is 790. The van der Waals surface area contributed by atoms with Gasteiger partial charge in [0.1, 0.15) is 0 Å². The quantitative estimate of drug-likeness (QED) is 0.584. The van der Waals surface area contributed by atoms with E-state index in [-0.39, 0.29) is 0 Å². The molecule has 2 aromatic heterocycles. The second-order valence-corrected chi connectivity index (χ2v) is 7.11. The number of fused-ring (bicyclic) bond motifs is 8. The van der Waals surface area contributed by atoms with Crippen LogP contribution in [0.2, 0.25) is 0 Å². The van der Waals surface area contributed by atoms with Crippen molar-refractivity contribution in [2.45, 2.75) is 16.7 Å². The number of hydrogen-bond acceptors (Lipinski definition) is 8. The molecule has 0 atom stereocenters. The first kappa shape index (κ1) is 14.4. The summed E-state index contributed by atoms with van der Waals surface area (Å²) in [7, 11) is 0. The van der Waals surface area contributed by atoms with Gasteiger partial charge in [-0.1, -0.05) is 41.7 Å². The van der Waals surface area contributed by atoms with Crippen LogP contribution in [-0.2, 0) is 0 Å². The van der Waals surface area contributed by atoms with E-state index in [4.69, 9.17) is 11.7 Å². The second-order valence-electron chi connectivity index (χ2n) is 4.98. The molecule has 10 heteroatoms. The van der Waals surface area contributed by atoms with Crippen LogP contribution in [0.25, 0.3) is 22.8 Å². The van der Waals surface area contributed by atoms with Gasteiger partial charge >= 0.3 is 0 Å². The van der Waals surface area contributed by atoms with E-state index >= 15 is 0 Å². The Morgan fingerprint density at radius 1 is 0.826 bits per heavy atom. The summed E-state index contributed by atoms with van der Waals surface area (Å²) < 4.78 is 3.06. The third-order valence-electron chi connectivity index (χ3n) is 3.46. The van der Waals surface area contributed by atoms with Crippen LogP contribution in [0.4, 0.5) is 0 Å². The summed E-state index contributed by atoms with van der Waals surface area (Å²) in [5.41, 5.74) is 1.72. The minimum Gasteiger partial charge on any atom is -0.335 e. The summed E-state index contributed by atoms with van der Waals surface area (Å²) in [4.78, 5) is 0.